The van der Waals surface area contributed by atoms with Crippen LogP contribution in [0.2, 0.25) is 17.1 Å². The number of halogens is 17. The zero-order valence-electron chi connectivity index (χ0n) is 29.4. The van der Waals surface area contributed by atoms with Crippen LogP contribution in [0.1, 0.15) is 59.1 Å². The van der Waals surface area contributed by atoms with E-state index in [9.17, 15) is 84.5 Å². The van der Waals surface area contributed by atoms with Crippen molar-refractivity contribution in [2.24, 2.45) is 5.92 Å². The highest BCUT2D eigenvalue weighted by Gasteiger charge is 2.95. The van der Waals surface area contributed by atoms with Crippen molar-refractivity contribution >= 4 is 14.2 Å². The first-order chi connectivity index (χ1) is 24.6. The first-order valence-corrected chi connectivity index (χ1v) is 18.2. The number of nitrogens with one attached hydrogen (secondary N) is 1. The standard InChI is InChI=1S/C31H38F17NO5Si/c1-17(2)55(18(3)4,54-15-14-53-21-11-9-20(10-12-21)23(51)19(5)7-6-8-22(50)49-52)16-13-24(32,33)25(34,35)26(36,37)27(38,39)28(40,41)29(42,43)30(44,45)31(46,47)48/h6,8-12,17-19,23,51-52H,7,13-16H2,1-5H3,(H,49,50)/b8-6+/t19-,23+/m1/s1. The molecular weight excluding hydrogens is 817 g/mol. The molecule has 0 saturated carbocycles. The van der Waals surface area contributed by atoms with Crippen LogP contribution in [0.15, 0.2) is 36.4 Å². The molecular formula is C31H38F17NO5Si. The van der Waals surface area contributed by atoms with Crippen molar-refractivity contribution < 1.29 is 98.9 Å². The number of rotatable bonds is 21. The fourth-order valence-electron chi connectivity index (χ4n) is 5.39. The number of aliphatic hydroxyl groups is 1. The van der Waals surface area contributed by atoms with Gasteiger partial charge in [0.25, 0.3) is 5.91 Å². The number of aliphatic hydroxyl groups excluding tert-OH is 1. The predicted molar refractivity (Wildman–Crippen MR) is 162 cm³/mol. The van der Waals surface area contributed by atoms with Gasteiger partial charge in [-0.2, -0.15) is 74.6 Å². The van der Waals surface area contributed by atoms with Crippen molar-refractivity contribution in [3.63, 3.8) is 0 Å². The molecule has 2 atom stereocenters. The number of hydrogen-bond donors (Lipinski definition) is 3. The van der Waals surface area contributed by atoms with Crippen LogP contribution in [0, 0.1) is 5.92 Å². The third-order valence-corrected chi connectivity index (χ3v) is 14.6. The number of hydrogen-bond acceptors (Lipinski definition) is 5. The number of alkyl halides is 17. The van der Waals surface area contributed by atoms with E-state index >= 15 is 0 Å². The van der Waals surface area contributed by atoms with Crippen LogP contribution in [-0.4, -0.2) is 85.4 Å². The van der Waals surface area contributed by atoms with Crippen molar-refractivity contribution in [1.82, 2.24) is 5.48 Å². The monoisotopic (exact) mass is 855 g/mol. The highest BCUT2D eigenvalue weighted by molar-refractivity contribution is 6.76. The number of hydroxylamine groups is 1. The topological polar surface area (TPSA) is 88.0 Å². The number of carbonyl (C=O) groups excluding carboxylic acids is 1. The molecule has 0 radical (unpaired) electrons. The molecule has 0 heterocycles. The number of carbonyl (C=O) groups is 1. The molecule has 1 amide bonds. The Morgan fingerprint density at radius 2 is 1.15 bits per heavy atom. The van der Waals surface area contributed by atoms with Gasteiger partial charge in [0.2, 0.25) is 0 Å². The number of amides is 1. The van der Waals surface area contributed by atoms with Gasteiger partial charge in [0.05, 0.1) is 12.7 Å². The molecule has 0 saturated heterocycles. The Labute approximate surface area is 304 Å². The maximum absolute atomic E-state index is 14.8. The summed E-state index contributed by atoms with van der Waals surface area (Å²) in [5, 5.41) is 19.0. The molecule has 0 bridgehead atoms. The molecule has 0 aliphatic carbocycles. The third-order valence-electron chi connectivity index (χ3n) is 8.94. The van der Waals surface area contributed by atoms with Crippen molar-refractivity contribution in [2.75, 3.05) is 13.2 Å². The lowest BCUT2D eigenvalue weighted by Crippen LogP contribution is -2.74. The first kappa shape index (κ1) is 50.2. The van der Waals surface area contributed by atoms with Gasteiger partial charge in [-0.1, -0.05) is 52.8 Å². The van der Waals surface area contributed by atoms with Crippen molar-refractivity contribution in [1.29, 1.82) is 0 Å². The van der Waals surface area contributed by atoms with Gasteiger partial charge in [-0.15, -0.1) is 0 Å². The van der Waals surface area contributed by atoms with Gasteiger partial charge < -0.3 is 14.3 Å². The lowest BCUT2D eigenvalue weighted by molar-refractivity contribution is -0.461. The van der Waals surface area contributed by atoms with Gasteiger partial charge in [0.1, 0.15) is 12.4 Å². The highest BCUT2D eigenvalue weighted by Crippen LogP contribution is 2.64. The summed E-state index contributed by atoms with van der Waals surface area (Å²) in [4.78, 5) is 11.1. The second kappa shape index (κ2) is 17.3. The van der Waals surface area contributed by atoms with E-state index in [1.54, 1.807) is 6.92 Å². The van der Waals surface area contributed by atoms with E-state index < -0.39 is 104 Å². The fraction of sp³-hybridized carbons (Fsp3) is 0.710. The van der Waals surface area contributed by atoms with Gasteiger partial charge in [-0.05, 0) is 47.2 Å². The van der Waals surface area contributed by atoms with Crippen LogP contribution < -0.4 is 10.2 Å². The van der Waals surface area contributed by atoms with E-state index in [1.165, 1.54) is 63.5 Å². The Morgan fingerprint density at radius 3 is 1.56 bits per heavy atom. The van der Waals surface area contributed by atoms with Gasteiger partial charge in [-0.25, -0.2) is 5.48 Å². The molecule has 0 unspecified atom stereocenters. The molecule has 0 aromatic heterocycles. The van der Waals surface area contributed by atoms with Crippen LogP contribution in [0.5, 0.6) is 5.75 Å². The van der Waals surface area contributed by atoms with Crippen LogP contribution >= 0.6 is 0 Å². The van der Waals surface area contributed by atoms with Crippen molar-refractivity contribution in [3.8, 4) is 5.75 Å². The predicted octanol–water partition coefficient (Wildman–Crippen LogP) is 10.4. The Hall–Kier alpha value is -2.86. The van der Waals surface area contributed by atoms with Gasteiger partial charge in [0.15, 0.2) is 8.32 Å². The largest absolute Gasteiger partial charge is 0.491 e. The molecule has 6 nitrogen and oxygen atoms in total. The van der Waals surface area contributed by atoms with E-state index in [4.69, 9.17) is 14.4 Å². The Balaban J connectivity index is 3.20. The van der Waals surface area contributed by atoms with Gasteiger partial charge in [-0.3, -0.25) is 10.0 Å². The summed E-state index contributed by atoms with van der Waals surface area (Å²) >= 11 is 0. The maximum Gasteiger partial charge on any atom is 0.460 e. The molecule has 320 valence electrons. The Morgan fingerprint density at radius 1 is 0.709 bits per heavy atom. The highest BCUT2D eigenvalue weighted by atomic mass is 28.4. The number of benzene rings is 1. The molecule has 0 aliphatic rings. The zero-order valence-corrected chi connectivity index (χ0v) is 30.4. The van der Waals surface area contributed by atoms with E-state index in [-0.39, 0.29) is 18.8 Å². The average molecular weight is 856 g/mol. The average Bonchev–Trinajstić information content (AvgIpc) is 3.06. The number of ether oxygens (including phenoxy) is 1. The second-order valence-corrected chi connectivity index (χ2v) is 18.2. The summed E-state index contributed by atoms with van der Waals surface area (Å²) in [7, 11) is -3.95. The van der Waals surface area contributed by atoms with E-state index in [0.29, 0.717) is 5.56 Å². The van der Waals surface area contributed by atoms with E-state index in [0.717, 1.165) is 6.08 Å². The second-order valence-electron chi connectivity index (χ2n) is 13.2. The fourth-order valence-corrected chi connectivity index (χ4v) is 9.86. The Bertz CT molecular complexity index is 1430. The quantitative estimate of drug-likeness (QED) is 0.0286. The molecule has 0 aliphatic heterocycles. The summed E-state index contributed by atoms with van der Waals surface area (Å²) in [6.07, 6.45) is -8.74. The lowest BCUT2D eigenvalue weighted by Gasteiger charge is -2.44. The minimum absolute atomic E-state index is 0.151. The summed E-state index contributed by atoms with van der Waals surface area (Å²) in [6.45, 7) is 6.04. The first-order valence-electron chi connectivity index (χ1n) is 15.9. The minimum atomic E-state index is -8.68. The van der Waals surface area contributed by atoms with Crippen molar-refractivity contribution in [2.45, 2.75) is 118 Å². The molecule has 1 rings (SSSR count). The molecule has 0 spiro atoms. The van der Waals surface area contributed by atoms with Gasteiger partial charge >= 0.3 is 47.6 Å². The molecule has 1 aromatic carbocycles. The van der Waals surface area contributed by atoms with Crippen LogP contribution in [-0.2, 0) is 9.22 Å². The zero-order chi connectivity index (χ0) is 43.4. The minimum Gasteiger partial charge on any atom is -0.491 e. The molecule has 24 heteroatoms. The smallest absolute Gasteiger partial charge is 0.460 e. The lowest BCUT2D eigenvalue weighted by atomic mass is 9.88. The summed E-state index contributed by atoms with van der Waals surface area (Å²) < 4.78 is 245. The van der Waals surface area contributed by atoms with Gasteiger partial charge in [0, 0.05) is 12.5 Å². The number of allylic oxidation sites excluding steroid dienone is 1. The SMILES string of the molecule is CC(C)[Si](CCC(F)(F)C(F)(F)C(F)(F)C(F)(F)C(F)(F)C(F)(F)C(F)(F)C(F)(F)F)(OCCOc1ccc([C@@H](O)[C@H](C)C/C=C/C(=O)NO)cc1)C(C)C. The summed E-state index contributed by atoms with van der Waals surface area (Å²) in [5.41, 5.74) is 0.0748. The molecule has 3 N–H and O–H groups in total. The third kappa shape index (κ3) is 9.65. The van der Waals surface area contributed by atoms with Crippen LogP contribution in [0.25, 0.3) is 0 Å². The van der Waals surface area contributed by atoms with E-state index in [1.807, 2.05) is 0 Å². The van der Waals surface area contributed by atoms with E-state index in [2.05, 4.69) is 0 Å². The summed E-state index contributed by atoms with van der Waals surface area (Å²) in [5.74, 6) is -57.8. The van der Waals surface area contributed by atoms with Crippen LogP contribution in [0.3, 0.4) is 0 Å². The summed E-state index contributed by atoms with van der Waals surface area (Å²) in [6, 6.07) is 4.36. The maximum atomic E-state index is 14.8. The molecule has 1 aromatic rings. The van der Waals surface area contributed by atoms with Crippen LogP contribution in [0.4, 0.5) is 74.6 Å². The molecule has 0 fully saturated rings. The van der Waals surface area contributed by atoms with Crippen molar-refractivity contribution in [3.05, 3.63) is 42.0 Å². The normalized spacial score (nSPS) is 15.9. The Kier molecular flexibility index (Phi) is 15.8. The molecule has 55 heavy (non-hydrogen) atoms.